The summed E-state index contributed by atoms with van der Waals surface area (Å²) in [6.45, 7) is 0.673. The third-order valence-electron chi connectivity index (χ3n) is 6.94. The fraction of sp³-hybridized carbons (Fsp3) is 0.259. The van der Waals surface area contributed by atoms with Crippen molar-refractivity contribution in [3.05, 3.63) is 100 Å². The van der Waals surface area contributed by atoms with Crippen LogP contribution in [0.15, 0.2) is 93.9 Å². The highest BCUT2D eigenvalue weighted by Gasteiger charge is 2.34. The maximum Gasteiger partial charge on any atom is 0.276 e. The molecule has 0 saturated carbocycles. The van der Waals surface area contributed by atoms with Gasteiger partial charge in [-0.25, -0.2) is 28.3 Å². The Morgan fingerprint density at radius 3 is 2.05 bits per heavy atom. The maximum atomic E-state index is 13.4. The van der Waals surface area contributed by atoms with Gasteiger partial charge in [-0.2, -0.15) is 17.8 Å². The van der Waals surface area contributed by atoms with Crippen LogP contribution < -0.4 is 9.86 Å². The van der Waals surface area contributed by atoms with Gasteiger partial charge in [0.25, 0.3) is 20.2 Å². The molecule has 0 amide bonds. The van der Waals surface area contributed by atoms with E-state index in [2.05, 4.69) is 4.72 Å². The van der Waals surface area contributed by atoms with E-state index in [1.54, 1.807) is 17.1 Å². The molecule has 0 aliphatic carbocycles. The van der Waals surface area contributed by atoms with Crippen molar-refractivity contribution in [1.82, 2.24) is 14.0 Å². The zero-order chi connectivity index (χ0) is 29.2. The number of halogens is 2. The van der Waals surface area contributed by atoms with E-state index in [0.717, 1.165) is 16.8 Å². The number of nitrogens with one attached hydrogen (secondary N) is 1. The molecule has 1 atom stereocenters. The second-order valence-electron chi connectivity index (χ2n) is 9.72. The molecule has 216 valence electrons. The van der Waals surface area contributed by atoms with Crippen LogP contribution in [-0.2, 0) is 20.2 Å². The van der Waals surface area contributed by atoms with Crippen LogP contribution in [-0.4, -0.2) is 63.5 Å². The van der Waals surface area contributed by atoms with E-state index in [1.807, 2.05) is 42.5 Å². The van der Waals surface area contributed by atoms with E-state index in [-0.39, 0.29) is 35.9 Å². The van der Waals surface area contributed by atoms with Gasteiger partial charge in [0.1, 0.15) is 0 Å². The first-order valence-corrected chi connectivity index (χ1v) is 16.5. The summed E-state index contributed by atoms with van der Waals surface area (Å²) >= 11 is 12.1. The Morgan fingerprint density at radius 1 is 0.878 bits per heavy atom. The number of guanidine groups is 1. The molecular formula is C27H28Cl2N6O4S2. The summed E-state index contributed by atoms with van der Waals surface area (Å²) < 4.78 is 54.3. The molecule has 2 aliphatic rings. The second-order valence-corrected chi connectivity index (χ2v) is 13.8. The molecule has 0 radical (unpaired) electrons. The third kappa shape index (κ3) is 7.08. The highest BCUT2D eigenvalue weighted by atomic mass is 35.5. The minimum Gasteiger partial charge on any atom is -0.248 e. The highest BCUT2D eigenvalue weighted by molar-refractivity contribution is 7.90. The monoisotopic (exact) mass is 634 g/mol. The summed E-state index contributed by atoms with van der Waals surface area (Å²) in [5.41, 5.74) is 2.58. The number of hydrogen-bond acceptors (Lipinski definition) is 6. The summed E-state index contributed by atoms with van der Waals surface area (Å²) in [4.78, 5) is 4.78. The molecule has 41 heavy (non-hydrogen) atoms. The van der Waals surface area contributed by atoms with Gasteiger partial charge in [-0.3, -0.25) is 0 Å². The highest BCUT2D eigenvalue weighted by Crippen LogP contribution is 2.30. The molecule has 2 aliphatic heterocycles. The Kier molecular flexibility index (Phi) is 8.69. The number of benzene rings is 3. The van der Waals surface area contributed by atoms with Gasteiger partial charge in [0.05, 0.1) is 23.2 Å². The summed E-state index contributed by atoms with van der Waals surface area (Å²) in [5.74, 6) is -0.147. The molecule has 3 aromatic carbocycles. The van der Waals surface area contributed by atoms with E-state index in [1.165, 1.54) is 28.6 Å². The van der Waals surface area contributed by atoms with E-state index in [0.29, 0.717) is 29.4 Å². The van der Waals surface area contributed by atoms with Gasteiger partial charge in [0.15, 0.2) is 0 Å². The number of nitrogens with zero attached hydrogens (tertiary/aromatic N) is 4. The summed E-state index contributed by atoms with van der Waals surface area (Å²) in [7, 11) is -7.88. The largest absolute Gasteiger partial charge is 0.276 e. The fourth-order valence-corrected chi connectivity index (χ4v) is 6.78. The molecule has 14 heteroatoms. The van der Waals surface area contributed by atoms with Gasteiger partial charge in [-0.1, -0.05) is 65.7 Å². The average molecular weight is 636 g/mol. The number of piperidine rings is 1. The molecule has 1 unspecified atom stereocenters. The van der Waals surface area contributed by atoms with Crippen molar-refractivity contribution in [3.63, 3.8) is 0 Å². The Labute approximate surface area is 249 Å². The molecular weight excluding hydrogens is 607 g/mol. The standard InChI is InChI=1S/C27H28Cl2N6O4S2/c28-21-8-6-20(7-9-21)26-25(19-4-2-1-3-5-19)18-35(32-26)27(31-23-14-16-34(17-15-23)41(30,38)39)33-40(36,37)24-12-10-22(29)11-13-24/h1-13,23,25H,14-18H2,(H,31,33)(H2,30,38,39). The predicted octanol–water partition coefficient (Wildman–Crippen LogP) is 3.80. The van der Waals surface area contributed by atoms with Crippen molar-refractivity contribution in [1.29, 1.82) is 0 Å². The molecule has 0 spiro atoms. The minimum atomic E-state index is -4.06. The molecule has 3 N–H and O–H groups in total. The van der Waals surface area contributed by atoms with Crippen molar-refractivity contribution in [2.75, 3.05) is 19.6 Å². The second kappa shape index (κ2) is 12.1. The van der Waals surface area contributed by atoms with Crippen molar-refractivity contribution >= 4 is 55.1 Å². The molecule has 2 heterocycles. The minimum absolute atomic E-state index is 0.0133. The lowest BCUT2D eigenvalue weighted by Crippen LogP contribution is -2.45. The van der Waals surface area contributed by atoms with Crippen molar-refractivity contribution in [2.45, 2.75) is 29.7 Å². The third-order valence-corrected chi connectivity index (χ3v) is 9.87. The van der Waals surface area contributed by atoms with E-state index in [4.69, 9.17) is 38.4 Å². The zero-order valence-electron chi connectivity index (χ0n) is 21.8. The van der Waals surface area contributed by atoms with Crippen LogP contribution in [0.5, 0.6) is 0 Å². The van der Waals surface area contributed by atoms with E-state index >= 15 is 0 Å². The Hall–Kier alpha value is -3.00. The molecule has 5 rings (SSSR count). The first kappa shape index (κ1) is 29.5. The van der Waals surface area contributed by atoms with Gasteiger partial charge in [-0.05, 0) is 60.4 Å². The lowest BCUT2D eigenvalue weighted by molar-refractivity contribution is 0.318. The molecule has 3 aromatic rings. The summed E-state index contributed by atoms with van der Waals surface area (Å²) in [6, 6.07) is 22.6. The maximum absolute atomic E-state index is 13.4. The first-order chi connectivity index (χ1) is 19.5. The normalized spacial score (nSPS) is 19.3. The molecule has 0 aromatic heterocycles. The predicted molar refractivity (Wildman–Crippen MR) is 161 cm³/mol. The molecule has 0 bridgehead atoms. The van der Waals surface area contributed by atoms with Gasteiger partial charge < -0.3 is 0 Å². The topological polar surface area (TPSA) is 138 Å². The number of hydrazone groups is 1. The number of sulfonamides is 1. The van der Waals surface area contributed by atoms with Crippen LogP contribution in [0.2, 0.25) is 10.0 Å². The molecule has 1 saturated heterocycles. The molecule has 1 fully saturated rings. The SMILES string of the molecule is NS(=O)(=O)N1CCC(N=C(NS(=O)(=O)c2ccc(Cl)cc2)N2CC(c3ccccc3)C(c3ccc(Cl)cc3)=N2)CC1. The van der Waals surface area contributed by atoms with Crippen LogP contribution in [0.4, 0.5) is 0 Å². The van der Waals surface area contributed by atoms with Crippen molar-refractivity contribution in [3.8, 4) is 0 Å². The Morgan fingerprint density at radius 2 is 1.46 bits per heavy atom. The van der Waals surface area contributed by atoms with Crippen LogP contribution in [0.3, 0.4) is 0 Å². The summed E-state index contributed by atoms with van der Waals surface area (Å²) in [5, 5.41) is 12.7. The van der Waals surface area contributed by atoms with Crippen LogP contribution in [0.25, 0.3) is 0 Å². The van der Waals surface area contributed by atoms with Gasteiger partial charge in [0, 0.05) is 29.1 Å². The lowest BCUT2D eigenvalue weighted by Gasteiger charge is -2.29. The quantitative estimate of drug-likeness (QED) is 0.314. The fourth-order valence-electron chi connectivity index (χ4n) is 4.80. The summed E-state index contributed by atoms with van der Waals surface area (Å²) in [6.07, 6.45) is 0.735. The van der Waals surface area contributed by atoms with Crippen molar-refractivity contribution in [2.24, 2.45) is 15.2 Å². The molecule has 10 nitrogen and oxygen atoms in total. The average Bonchev–Trinajstić information content (AvgIpc) is 3.39. The zero-order valence-corrected chi connectivity index (χ0v) is 24.9. The number of rotatable bonds is 6. The van der Waals surface area contributed by atoms with Gasteiger partial charge >= 0.3 is 0 Å². The van der Waals surface area contributed by atoms with Gasteiger partial charge in [-0.15, -0.1) is 0 Å². The number of hydrogen-bond donors (Lipinski definition) is 2. The Bertz CT molecular complexity index is 1660. The van der Waals surface area contributed by atoms with Crippen LogP contribution >= 0.6 is 23.2 Å². The van der Waals surface area contributed by atoms with Crippen LogP contribution in [0, 0.1) is 0 Å². The Balaban J connectivity index is 1.52. The number of aliphatic imine (C=N–C) groups is 1. The van der Waals surface area contributed by atoms with Crippen LogP contribution in [0.1, 0.15) is 29.9 Å². The number of nitrogens with two attached hydrogens (primary N) is 1. The van der Waals surface area contributed by atoms with E-state index < -0.39 is 20.2 Å². The van der Waals surface area contributed by atoms with E-state index in [9.17, 15) is 16.8 Å². The first-order valence-electron chi connectivity index (χ1n) is 12.8. The lowest BCUT2D eigenvalue weighted by atomic mass is 9.91. The smallest absolute Gasteiger partial charge is 0.248 e. The van der Waals surface area contributed by atoms with Crippen molar-refractivity contribution < 1.29 is 16.8 Å². The van der Waals surface area contributed by atoms with Gasteiger partial charge in [0.2, 0.25) is 5.96 Å².